The van der Waals surface area contributed by atoms with Gasteiger partial charge in [0.1, 0.15) is 17.1 Å². The van der Waals surface area contributed by atoms with Crippen molar-refractivity contribution in [1.29, 1.82) is 0 Å². The largest absolute Gasteiger partial charge is 0.494 e. The van der Waals surface area contributed by atoms with E-state index in [4.69, 9.17) is 21.5 Å². The molecule has 2 aromatic carbocycles. The van der Waals surface area contributed by atoms with Crippen LogP contribution < -0.4 is 14.8 Å². The molecule has 0 spiro atoms. The average molecular weight is 546 g/mol. The molecule has 0 fully saturated rings. The van der Waals surface area contributed by atoms with E-state index in [9.17, 15) is 13.2 Å². The number of fused-ring (bicyclic) bond motifs is 1. The van der Waals surface area contributed by atoms with Crippen LogP contribution in [0.2, 0.25) is 0 Å². The molecule has 0 saturated carbocycles. The average Bonchev–Trinajstić information content (AvgIpc) is 3.27. The van der Waals surface area contributed by atoms with Crippen LogP contribution in [-0.4, -0.2) is 40.1 Å². The number of halogens is 1. The second-order valence-corrected chi connectivity index (χ2v) is 9.69. The van der Waals surface area contributed by atoms with Crippen LogP contribution >= 0.6 is 12.4 Å². The van der Waals surface area contributed by atoms with Crippen LogP contribution in [0, 0.1) is 0 Å². The molecular formula is C27H37ClN2O5S. The Labute approximate surface area is 233 Å². The molecule has 1 aromatic heterocycles. The Hall–Kier alpha value is -2.55. The summed E-state index contributed by atoms with van der Waals surface area (Å²) in [7, 11) is -3.53. The van der Waals surface area contributed by atoms with Gasteiger partial charge in [-0.05, 0) is 74.7 Å². The van der Waals surface area contributed by atoms with E-state index in [-0.39, 0.29) is 37.8 Å². The van der Waals surface area contributed by atoms with Crippen LogP contribution in [0.5, 0.6) is 5.75 Å². The van der Waals surface area contributed by atoms with Crippen molar-refractivity contribution in [3.05, 3.63) is 59.4 Å². The number of ether oxygens (including phenoxy) is 1. The summed E-state index contributed by atoms with van der Waals surface area (Å²) < 4.78 is 106. The number of benzene rings is 2. The molecule has 7 nitrogen and oxygen atoms in total. The molecule has 0 aliphatic carbocycles. The number of hydrogen-bond acceptors (Lipinski definition) is 6. The first-order chi connectivity index (χ1) is 20.2. The first-order valence-electron chi connectivity index (χ1n) is 15.8. The Balaban J connectivity index is 0.00000705. The van der Waals surface area contributed by atoms with Crippen LogP contribution in [0.4, 0.5) is 5.69 Å². The van der Waals surface area contributed by atoms with E-state index in [0.29, 0.717) is 45.7 Å². The third-order valence-electron chi connectivity index (χ3n) is 5.09. The molecule has 0 unspecified atom stereocenters. The summed E-state index contributed by atoms with van der Waals surface area (Å²) in [5, 5.41) is 2.74. The quantitative estimate of drug-likeness (QED) is 0.181. The maximum absolute atomic E-state index is 13.6. The molecule has 0 saturated heterocycles. The molecule has 36 heavy (non-hydrogen) atoms. The predicted octanol–water partition coefficient (Wildman–Crippen LogP) is 5.96. The summed E-state index contributed by atoms with van der Waals surface area (Å²) in [6.45, 7) is -4.41. The van der Waals surface area contributed by atoms with Gasteiger partial charge in [-0.25, -0.2) is 8.42 Å². The minimum absolute atomic E-state index is 0. The third-order valence-corrected chi connectivity index (χ3v) is 5.70. The van der Waals surface area contributed by atoms with Gasteiger partial charge in [0.2, 0.25) is 10.0 Å². The van der Waals surface area contributed by atoms with E-state index in [1.807, 2.05) is 6.92 Å². The number of unbranched alkanes of at least 4 members (excludes halogenated alkanes) is 1. The van der Waals surface area contributed by atoms with Gasteiger partial charge in [-0.2, -0.15) is 0 Å². The summed E-state index contributed by atoms with van der Waals surface area (Å²) >= 11 is 0. The lowest BCUT2D eigenvalue weighted by Crippen LogP contribution is -2.18. The van der Waals surface area contributed by atoms with E-state index in [0.717, 1.165) is 19.1 Å². The van der Waals surface area contributed by atoms with Crippen molar-refractivity contribution in [2.75, 3.05) is 30.6 Å². The highest BCUT2D eigenvalue weighted by Crippen LogP contribution is 2.32. The van der Waals surface area contributed by atoms with Crippen molar-refractivity contribution in [3.8, 4) is 5.75 Å². The number of hydrogen-bond donors (Lipinski definition) is 2. The molecule has 0 amide bonds. The lowest BCUT2D eigenvalue weighted by molar-refractivity contribution is 0.103. The topological polar surface area (TPSA) is 97.6 Å². The lowest BCUT2D eigenvalue weighted by Gasteiger charge is -2.08. The number of nitrogens with one attached hydrogen (secondary N) is 2. The molecule has 0 bridgehead atoms. The van der Waals surface area contributed by atoms with Gasteiger partial charge < -0.3 is 14.5 Å². The molecular weight excluding hydrogens is 500 g/mol. The highest BCUT2D eigenvalue weighted by atomic mass is 35.5. The molecule has 0 atom stereocenters. The summed E-state index contributed by atoms with van der Waals surface area (Å²) in [5.41, 5.74) is 1.46. The van der Waals surface area contributed by atoms with E-state index < -0.39 is 36.1 Å². The summed E-state index contributed by atoms with van der Waals surface area (Å²) in [6.07, 6.45) is -3.40. The summed E-state index contributed by atoms with van der Waals surface area (Å²) in [6, 6.07) is 11.0. The second-order valence-electron chi connectivity index (χ2n) is 7.95. The van der Waals surface area contributed by atoms with E-state index in [1.165, 1.54) is 0 Å². The van der Waals surface area contributed by atoms with Gasteiger partial charge in [-0.3, -0.25) is 9.52 Å². The standard InChI is InChI=1S/C27H36N2O5S.ClH/c1-4-6-9-25-26(23-19-21(29-35(3,31)32)12-15-24(23)34-25)27(30)20-10-13-22(14-11-20)33-18-8-17-28-16-7-5-2;/h10-15,19,28-29H,4-9,16-18H2,1-3H3;1H/i2D3,5D2,7D2,16D2;. The molecule has 2 N–H and O–H groups in total. The molecule has 198 valence electrons. The van der Waals surface area contributed by atoms with Gasteiger partial charge in [0, 0.05) is 35.4 Å². The fraction of sp³-hybridized carbons (Fsp3) is 0.444. The normalized spacial score (nSPS) is 16.6. The van der Waals surface area contributed by atoms with E-state index >= 15 is 0 Å². The van der Waals surface area contributed by atoms with Crippen molar-refractivity contribution < 1.29 is 34.7 Å². The van der Waals surface area contributed by atoms with Gasteiger partial charge in [0.25, 0.3) is 0 Å². The number of ketones is 1. The minimum Gasteiger partial charge on any atom is -0.494 e. The number of sulfonamides is 1. The van der Waals surface area contributed by atoms with Crippen LogP contribution in [-0.2, 0) is 16.4 Å². The number of rotatable bonds is 15. The molecule has 0 aliphatic heterocycles. The van der Waals surface area contributed by atoms with Crippen LogP contribution in [0.3, 0.4) is 0 Å². The summed E-state index contributed by atoms with van der Waals surface area (Å²) in [4.78, 5) is 13.6. The number of carbonyl (C=O) groups excluding carboxylic acids is 1. The number of anilines is 1. The van der Waals surface area contributed by atoms with Gasteiger partial charge in [0.05, 0.1) is 18.4 Å². The molecule has 0 aliphatic rings. The maximum Gasteiger partial charge on any atom is 0.229 e. The monoisotopic (exact) mass is 545 g/mol. The molecule has 9 heteroatoms. The van der Waals surface area contributed by atoms with Crippen molar-refractivity contribution in [2.45, 2.75) is 52.2 Å². The van der Waals surface area contributed by atoms with Gasteiger partial charge in [-0.15, -0.1) is 12.4 Å². The fourth-order valence-corrected chi connectivity index (χ4v) is 4.08. The third kappa shape index (κ3) is 8.54. The smallest absolute Gasteiger partial charge is 0.229 e. The zero-order valence-corrected chi connectivity index (χ0v) is 21.8. The number of furan rings is 1. The first-order valence-corrected chi connectivity index (χ1v) is 13.2. The number of aryl methyl sites for hydroxylation is 1. The van der Waals surface area contributed by atoms with Gasteiger partial charge >= 0.3 is 0 Å². The van der Waals surface area contributed by atoms with Crippen molar-refractivity contribution in [1.82, 2.24) is 5.32 Å². The van der Waals surface area contributed by atoms with Crippen molar-refractivity contribution >= 4 is 44.9 Å². The predicted molar refractivity (Wildman–Crippen MR) is 148 cm³/mol. The van der Waals surface area contributed by atoms with Gasteiger partial charge in [0.15, 0.2) is 5.78 Å². The zero-order valence-electron chi connectivity index (χ0n) is 29.1. The summed E-state index contributed by atoms with van der Waals surface area (Å²) in [5.74, 6) is 0.601. The SMILES string of the molecule is Cl.[2H]C([2H])([2H])C([2H])([2H])C([2H])([2H])C([2H])([2H])NCCCOc1ccc(C(=O)c2c(CCCC)oc3ccc(NS(C)(=O)=O)cc23)cc1. The maximum atomic E-state index is 13.6. The fourth-order valence-electron chi connectivity index (χ4n) is 3.52. The van der Waals surface area contributed by atoms with Crippen molar-refractivity contribution in [3.63, 3.8) is 0 Å². The van der Waals surface area contributed by atoms with Crippen LogP contribution in [0.15, 0.2) is 46.9 Å². The first kappa shape index (κ1) is 18.7. The minimum atomic E-state index is -3.53. The highest BCUT2D eigenvalue weighted by molar-refractivity contribution is 7.92. The Morgan fingerprint density at radius 1 is 1.17 bits per heavy atom. The Morgan fingerprint density at radius 2 is 1.94 bits per heavy atom. The van der Waals surface area contributed by atoms with Gasteiger partial charge in [-0.1, -0.05) is 26.6 Å². The molecule has 3 rings (SSSR count). The molecule has 3 aromatic rings. The Kier molecular flexibility index (Phi) is 7.39. The Bertz CT molecular complexity index is 1580. The Morgan fingerprint density at radius 3 is 2.64 bits per heavy atom. The van der Waals surface area contributed by atoms with E-state index in [1.54, 1.807) is 42.5 Å². The molecule has 0 radical (unpaired) electrons. The van der Waals surface area contributed by atoms with E-state index in [2.05, 4.69) is 10.0 Å². The van der Waals surface area contributed by atoms with Crippen LogP contribution in [0.1, 0.15) is 79.8 Å². The zero-order chi connectivity index (χ0) is 33.1. The van der Waals surface area contributed by atoms with Crippen molar-refractivity contribution in [2.24, 2.45) is 0 Å². The lowest BCUT2D eigenvalue weighted by atomic mass is 9.98. The highest BCUT2D eigenvalue weighted by Gasteiger charge is 2.22. The molecule has 1 heterocycles. The second kappa shape index (κ2) is 14.3. The number of carbonyl (C=O) groups is 1. The van der Waals surface area contributed by atoms with Crippen LogP contribution in [0.25, 0.3) is 11.0 Å².